The molecule has 6 aromatic heterocycles. The van der Waals surface area contributed by atoms with Gasteiger partial charge in [-0.2, -0.15) is 10.2 Å². The smallest absolute Gasteiger partial charge is 0.161 e. The van der Waals surface area contributed by atoms with Gasteiger partial charge in [0.2, 0.25) is 0 Å². The molecule has 0 amide bonds. The summed E-state index contributed by atoms with van der Waals surface area (Å²) in [5, 5.41) is 11.7. The normalized spacial score (nSPS) is 11.6. The Kier molecular flexibility index (Phi) is 3.19. The van der Waals surface area contributed by atoms with Crippen LogP contribution in [-0.2, 0) is 7.05 Å². The second kappa shape index (κ2) is 5.86. The van der Waals surface area contributed by atoms with Crippen LogP contribution in [0, 0.1) is 0 Å². The Bertz CT molecular complexity index is 1470. The highest BCUT2D eigenvalue weighted by Crippen LogP contribution is 2.31. The molecule has 0 saturated heterocycles. The van der Waals surface area contributed by atoms with Crippen LogP contribution in [0.4, 0.5) is 0 Å². The third-order valence-corrected chi connectivity index (χ3v) is 4.86. The maximum absolute atomic E-state index is 5.21. The summed E-state index contributed by atoms with van der Waals surface area (Å²) in [6, 6.07) is 5.79. The van der Waals surface area contributed by atoms with Gasteiger partial charge < -0.3 is 9.40 Å². The number of aryl methyl sites for hydroxylation is 1. The highest BCUT2D eigenvalue weighted by Gasteiger charge is 2.17. The van der Waals surface area contributed by atoms with Gasteiger partial charge in [0.15, 0.2) is 11.5 Å². The quantitative estimate of drug-likeness (QED) is 0.484. The molecular weight excluding hydrogens is 368 g/mol. The van der Waals surface area contributed by atoms with Crippen LogP contribution in [-0.4, -0.2) is 39.9 Å². The molecule has 0 aliphatic rings. The number of hydrogen-bond acceptors (Lipinski definition) is 6. The Morgan fingerprint density at radius 2 is 1.93 bits per heavy atom. The lowest BCUT2D eigenvalue weighted by molar-refractivity contribution is 0.568. The van der Waals surface area contributed by atoms with Crippen LogP contribution in [0.25, 0.3) is 56.0 Å². The number of aromatic nitrogens is 8. The molecule has 0 bridgehead atoms. The van der Waals surface area contributed by atoms with E-state index in [2.05, 4.69) is 25.3 Å². The van der Waals surface area contributed by atoms with Crippen LogP contribution >= 0.6 is 0 Å². The topological polar surface area (TPSA) is 114 Å². The summed E-state index contributed by atoms with van der Waals surface area (Å²) < 4.78 is 6.96. The van der Waals surface area contributed by atoms with E-state index in [0.717, 1.165) is 44.5 Å². The predicted octanol–water partition coefficient (Wildman–Crippen LogP) is 3.56. The lowest BCUT2D eigenvalue weighted by Crippen LogP contribution is -1.87. The molecule has 9 heteroatoms. The second-order valence-electron chi connectivity index (χ2n) is 6.75. The third-order valence-electron chi connectivity index (χ3n) is 4.86. The van der Waals surface area contributed by atoms with Crippen molar-refractivity contribution in [3.8, 4) is 33.9 Å². The monoisotopic (exact) mass is 382 g/mol. The molecule has 9 nitrogen and oxygen atoms in total. The SMILES string of the molecule is Cn1cc(-c2ccc3[nH]nc(-c4nc5c(-c6ccoc6)cncc5[nH]4)c3n2)cn1. The van der Waals surface area contributed by atoms with E-state index in [4.69, 9.17) is 14.4 Å². The van der Waals surface area contributed by atoms with Crippen molar-refractivity contribution in [1.29, 1.82) is 0 Å². The molecule has 6 aromatic rings. The Morgan fingerprint density at radius 1 is 0.966 bits per heavy atom. The number of H-pyrrole nitrogens is 2. The molecule has 29 heavy (non-hydrogen) atoms. The number of rotatable bonds is 3. The molecule has 0 radical (unpaired) electrons. The predicted molar refractivity (Wildman–Crippen MR) is 107 cm³/mol. The molecule has 0 fully saturated rings. The molecule has 0 saturated carbocycles. The van der Waals surface area contributed by atoms with Crippen molar-refractivity contribution in [3.05, 3.63) is 55.5 Å². The van der Waals surface area contributed by atoms with E-state index in [1.54, 1.807) is 35.8 Å². The van der Waals surface area contributed by atoms with Crippen molar-refractivity contribution in [2.75, 3.05) is 0 Å². The number of nitrogens with zero attached hydrogens (tertiary/aromatic N) is 6. The first-order valence-electron chi connectivity index (χ1n) is 8.97. The van der Waals surface area contributed by atoms with E-state index in [1.807, 2.05) is 31.4 Å². The number of nitrogens with one attached hydrogen (secondary N) is 2. The molecule has 0 aliphatic heterocycles. The molecule has 140 valence electrons. The lowest BCUT2D eigenvalue weighted by atomic mass is 10.1. The summed E-state index contributed by atoms with van der Waals surface area (Å²) in [4.78, 5) is 17.2. The summed E-state index contributed by atoms with van der Waals surface area (Å²) in [6.07, 6.45) is 10.6. The summed E-state index contributed by atoms with van der Waals surface area (Å²) in [5.41, 5.74) is 7.43. The van der Waals surface area contributed by atoms with E-state index in [-0.39, 0.29) is 0 Å². The summed E-state index contributed by atoms with van der Waals surface area (Å²) in [5.74, 6) is 0.625. The minimum atomic E-state index is 0.625. The standard InChI is InChI=1S/C20H14N8O/c1-28-9-12(6-22-28)14-2-3-15-18(23-14)19(27-26-15)20-24-16-8-21-7-13(17(16)25-20)11-4-5-29-10-11/h2-10H,1H3,(H,24,25)(H,26,27). The molecule has 2 N–H and O–H groups in total. The minimum Gasteiger partial charge on any atom is -0.472 e. The average Bonchev–Trinajstić information content (AvgIpc) is 3.51. The molecular formula is C20H14N8O. The first-order valence-corrected chi connectivity index (χ1v) is 8.97. The van der Waals surface area contributed by atoms with Crippen molar-refractivity contribution in [2.45, 2.75) is 0 Å². The van der Waals surface area contributed by atoms with E-state index in [9.17, 15) is 0 Å². The van der Waals surface area contributed by atoms with Crippen LogP contribution in [0.5, 0.6) is 0 Å². The van der Waals surface area contributed by atoms with Crippen LogP contribution in [0.1, 0.15) is 0 Å². The third kappa shape index (κ3) is 2.44. The van der Waals surface area contributed by atoms with Crippen molar-refractivity contribution in [3.63, 3.8) is 0 Å². The van der Waals surface area contributed by atoms with Gasteiger partial charge in [-0.15, -0.1) is 0 Å². The molecule has 0 spiro atoms. The zero-order valence-corrected chi connectivity index (χ0v) is 15.3. The molecule has 6 rings (SSSR count). The van der Waals surface area contributed by atoms with Crippen LogP contribution in [0.2, 0.25) is 0 Å². The first kappa shape index (κ1) is 15.8. The summed E-state index contributed by atoms with van der Waals surface area (Å²) in [7, 11) is 1.88. The van der Waals surface area contributed by atoms with Crippen molar-refractivity contribution >= 4 is 22.1 Å². The maximum Gasteiger partial charge on any atom is 0.161 e. The molecule has 0 atom stereocenters. The van der Waals surface area contributed by atoms with Gasteiger partial charge in [0, 0.05) is 36.1 Å². The van der Waals surface area contributed by atoms with E-state index >= 15 is 0 Å². The van der Waals surface area contributed by atoms with Gasteiger partial charge in [-0.1, -0.05) is 0 Å². The second-order valence-corrected chi connectivity index (χ2v) is 6.75. The van der Waals surface area contributed by atoms with Gasteiger partial charge in [-0.3, -0.25) is 14.8 Å². The fourth-order valence-electron chi connectivity index (χ4n) is 3.45. The Morgan fingerprint density at radius 3 is 2.76 bits per heavy atom. The van der Waals surface area contributed by atoms with Gasteiger partial charge >= 0.3 is 0 Å². The maximum atomic E-state index is 5.21. The Hall–Kier alpha value is -4.27. The van der Waals surface area contributed by atoms with Crippen LogP contribution in [0.3, 0.4) is 0 Å². The number of aromatic amines is 2. The molecule has 0 unspecified atom stereocenters. The number of pyridine rings is 2. The number of fused-ring (bicyclic) bond motifs is 2. The number of hydrogen-bond donors (Lipinski definition) is 2. The molecule has 6 heterocycles. The largest absolute Gasteiger partial charge is 0.472 e. The van der Waals surface area contributed by atoms with Crippen LogP contribution in [0.15, 0.2) is 59.9 Å². The van der Waals surface area contributed by atoms with Crippen molar-refractivity contribution in [2.24, 2.45) is 7.05 Å². The fourth-order valence-corrected chi connectivity index (χ4v) is 3.45. The minimum absolute atomic E-state index is 0.625. The van der Waals surface area contributed by atoms with Gasteiger partial charge in [-0.25, -0.2) is 9.97 Å². The zero-order valence-electron chi connectivity index (χ0n) is 15.3. The van der Waals surface area contributed by atoms with Gasteiger partial charge in [0.1, 0.15) is 11.0 Å². The van der Waals surface area contributed by atoms with E-state index in [0.29, 0.717) is 11.5 Å². The average molecular weight is 382 g/mol. The highest BCUT2D eigenvalue weighted by molar-refractivity contribution is 5.95. The Labute approximate surface area is 163 Å². The van der Waals surface area contributed by atoms with Gasteiger partial charge in [0.25, 0.3) is 0 Å². The first-order chi connectivity index (χ1) is 14.3. The summed E-state index contributed by atoms with van der Waals surface area (Å²) >= 11 is 0. The fraction of sp³-hybridized carbons (Fsp3) is 0.0500. The van der Waals surface area contributed by atoms with Crippen molar-refractivity contribution in [1.82, 2.24) is 39.9 Å². The van der Waals surface area contributed by atoms with Gasteiger partial charge in [0.05, 0.1) is 41.6 Å². The zero-order chi connectivity index (χ0) is 19.4. The van der Waals surface area contributed by atoms with E-state index in [1.165, 1.54) is 0 Å². The number of imidazole rings is 1. The summed E-state index contributed by atoms with van der Waals surface area (Å²) in [6.45, 7) is 0. The molecule has 0 aliphatic carbocycles. The lowest BCUT2D eigenvalue weighted by Gasteiger charge is -1.98. The Balaban J connectivity index is 1.53. The van der Waals surface area contributed by atoms with Crippen molar-refractivity contribution < 1.29 is 4.42 Å². The van der Waals surface area contributed by atoms with Crippen LogP contribution < -0.4 is 0 Å². The van der Waals surface area contributed by atoms with Gasteiger partial charge in [-0.05, 0) is 18.2 Å². The molecule has 0 aromatic carbocycles. The van der Waals surface area contributed by atoms with E-state index < -0.39 is 0 Å². The number of furan rings is 1. The highest BCUT2D eigenvalue weighted by atomic mass is 16.3.